The highest BCUT2D eigenvalue weighted by Gasteiger charge is 2.39. The van der Waals surface area contributed by atoms with Crippen molar-refractivity contribution in [3.8, 4) is 11.5 Å². The predicted octanol–water partition coefficient (Wildman–Crippen LogP) is 2.49. The molecule has 1 aromatic heterocycles. The molecular weight excluding hydrogens is 506 g/mol. The molecule has 198 valence electrons. The van der Waals surface area contributed by atoms with Crippen molar-refractivity contribution in [2.24, 2.45) is 5.73 Å². The Balaban J connectivity index is 1.31. The molecular formula is C27H29N5O5S. The van der Waals surface area contributed by atoms with E-state index in [1.165, 1.54) is 23.3 Å². The SMILES string of the molecule is CO[C@H]1C[C@@H](C(=O)NCc2cc(C(=N)N)cs2)N(C(=O)CNC(=O)c2ccc(Oc3ccccc3)cc2)C1. The number of nitrogens with two attached hydrogens (primary N) is 1. The number of carbonyl (C=O) groups excluding carboxylic acids is 3. The number of nitrogens with one attached hydrogen (secondary N) is 3. The summed E-state index contributed by atoms with van der Waals surface area (Å²) in [5.74, 6) is 0.137. The van der Waals surface area contributed by atoms with Crippen molar-refractivity contribution < 1.29 is 23.9 Å². The predicted molar refractivity (Wildman–Crippen MR) is 143 cm³/mol. The van der Waals surface area contributed by atoms with Gasteiger partial charge in [0.25, 0.3) is 5.91 Å². The van der Waals surface area contributed by atoms with E-state index in [9.17, 15) is 14.4 Å². The number of hydrogen-bond donors (Lipinski definition) is 4. The molecule has 11 heteroatoms. The van der Waals surface area contributed by atoms with Crippen molar-refractivity contribution in [3.63, 3.8) is 0 Å². The van der Waals surface area contributed by atoms with Gasteiger partial charge in [-0.1, -0.05) is 18.2 Å². The fraction of sp³-hybridized carbons (Fsp3) is 0.259. The van der Waals surface area contributed by atoms with Crippen molar-refractivity contribution in [2.45, 2.75) is 25.1 Å². The van der Waals surface area contributed by atoms with E-state index >= 15 is 0 Å². The van der Waals surface area contributed by atoms with Gasteiger partial charge in [-0.3, -0.25) is 19.8 Å². The summed E-state index contributed by atoms with van der Waals surface area (Å²) >= 11 is 1.39. The fourth-order valence-electron chi connectivity index (χ4n) is 4.06. The van der Waals surface area contributed by atoms with E-state index < -0.39 is 11.9 Å². The molecule has 1 aliphatic rings. The van der Waals surface area contributed by atoms with Crippen LogP contribution < -0.4 is 21.1 Å². The molecule has 1 fully saturated rings. The van der Waals surface area contributed by atoms with Gasteiger partial charge in [0.2, 0.25) is 11.8 Å². The molecule has 5 N–H and O–H groups in total. The van der Waals surface area contributed by atoms with Crippen LogP contribution in [-0.4, -0.2) is 60.8 Å². The van der Waals surface area contributed by atoms with Crippen LogP contribution in [0.3, 0.4) is 0 Å². The molecule has 2 heterocycles. The molecule has 3 aromatic rings. The van der Waals surface area contributed by atoms with Gasteiger partial charge >= 0.3 is 0 Å². The second-order valence-corrected chi connectivity index (χ2v) is 9.71. The summed E-state index contributed by atoms with van der Waals surface area (Å²) in [5.41, 5.74) is 6.48. The third-order valence-corrected chi connectivity index (χ3v) is 7.05. The van der Waals surface area contributed by atoms with Gasteiger partial charge in [-0.25, -0.2) is 0 Å². The minimum atomic E-state index is -0.717. The Labute approximate surface area is 224 Å². The molecule has 0 spiro atoms. The van der Waals surface area contributed by atoms with E-state index in [0.29, 0.717) is 29.0 Å². The Morgan fingerprint density at radius 1 is 1.05 bits per heavy atom. The number of hydrogen-bond acceptors (Lipinski definition) is 7. The van der Waals surface area contributed by atoms with Gasteiger partial charge in [0, 0.05) is 41.5 Å². The van der Waals surface area contributed by atoms with E-state index in [4.69, 9.17) is 20.6 Å². The number of carbonyl (C=O) groups is 3. The van der Waals surface area contributed by atoms with E-state index in [0.717, 1.165) is 4.88 Å². The van der Waals surface area contributed by atoms with Gasteiger partial charge in [0.15, 0.2) is 0 Å². The first kappa shape index (κ1) is 26.8. The van der Waals surface area contributed by atoms with Crippen LogP contribution in [0.1, 0.15) is 27.2 Å². The molecule has 1 aliphatic heterocycles. The number of nitrogens with zero attached hydrogens (tertiary/aromatic N) is 1. The van der Waals surface area contributed by atoms with Gasteiger partial charge < -0.3 is 30.7 Å². The van der Waals surface area contributed by atoms with Crippen LogP contribution in [0, 0.1) is 5.41 Å². The van der Waals surface area contributed by atoms with Gasteiger partial charge in [0.1, 0.15) is 23.4 Å². The van der Waals surface area contributed by atoms with Crippen molar-refractivity contribution >= 4 is 34.9 Å². The lowest BCUT2D eigenvalue weighted by molar-refractivity contribution is -0.137. The van der Waals surface area contributed by atoms with Crippen LogP contribution in [0.25, 0.3) is 0 Å². The zero-order valence-corrected chi connectivity index (χ0v) is 21.6. The smallest absolute Gasteiger partial charge is 0.251 e. The van der Waals surface area contributed by atoms with Crippen molar-refractivity contribution in [3.05, 3.63) is 82.0 Å². The van der Waals surface area contributed by atoms with Crippen LogP contribution in [-0.2, 0) is 20.9 Å². The molecule has 38 heavy (non-hydrogen) atoms. The largest absolute Gasteiger partial charge is 0.457 e. The number of ether oxygens (including phenoxy) is 2. The number of rotatable bonds is 10. The monoisotopic (exact) mass is 535 g/mol. The first-order valence-electron chi connectivity index (χ1n) is 12.0. The lowest BCUT2D eigenvalue weighted by atomic mass is 10.2. The van der Waals surface area contributed by atoms with Crippen LogP contribution in [0.5, 0.6) is 11.5 Å². The number of amides is 3. The zero-order valence-electron chi connectivity index (χ0n) is 20.8. The summed E-state index contributed by atoms with van der Waals surface area (Å²) in [6.07, 6.45) is 0.0715. The van der Waals surface area contributed by atoms with Crippen molar-refractivity contribution in [1.29, 1.82) is 5.41 Å². The topological polar surface area (TPSA) is 147 Å². The Bertz CT molecular complexity index is 1290. The third kappa shape index (κ3) is 6.75. The molecule has 0 bridgehead atoms. The first-order chi connectivity index (χ1) is 18.3. The van der Waals surface area contributed by atoms with Crippen LogP contribution in [0.4, 0.5) is 0 Å². The molecule has 0 aliphatic carbocycles. The second-order valence-electron chi connectivity index (χ2n) is 8.71. The third-order valence-electron chi connectivity index (χ3n) is 6.12. The van der Waals surface area contributed by atoms with Gasteiger partial charge in [-0.15, -0.1) is 11.3 Å². The Morgan fingerprint density at radius 3 is 2.42 bits per heavy atom. The number of thiophene rings is 1. The van der Waals surface area contributed by atoms with Gasteiger partial charge in [0.05, 0.1) is 19.2 Å². The second kappa shape index (κ2) is 12.3. The highest BCUT2D eigenvalue weighted by Crippen LogP contribution is 2.22. The maximum Gasteiger partial charge on any atom is 0.251 e. The number of para-hydroxylation sites is 1. The number of likely N-dealkylation sites (tertiary alicyclic amines) is 1. The molecule has 2 atom stereocenters. The van der Waals surface area contributed by atoms with E-state index in [-0.39, 0.29) is 43.4 Å². The highest BCUT2D eigenvalue weighted by atomic mass is 32.1. The highest BCUT2D eigenvalue weighted by molar-refractivity contribution is 7.10. The van der Waals surface area contributed by atoms with E-state index in [1.807, 2.05) is 30.3 Å². The number of amidine groups is 1. The van der Waals surface area contributed by atoms with Crippen LogP contribution >= 0.6 is 11.3 Å². The van der Waals surface area contributed by atoms with E-state index in [1.54, 1.807) is 35.7 Å². The summed E-state index contributed by atoms with van der Waals surface area (Å²) in [7, 11) is 1.54. The average molecular weight is 536 g/mol. The van der Waals surface area contributed by atoms with Gasteiger partial charge in [-0.2, -0.15) is 0 Å². The molecule has 1 saturated heterocycles. The summed E-state index contributed by atoms with van der Waals surface area (Å²) in [5, 5.41) is 14.7. The Kier molecular flexibility index (Phi) is 8.72. The van der Waals surface area contributed by atoms with E-state index in [2.05, 4.69) is 10.6 Å². The van der Waals surface area contributed by atoms with Crippen molar-refractivity contribution in [1.82, 2.24) is 15.5 Å². The Hall–Kier alpha value is -4.22. The summed E-state index contributed by atoms with van der Waals surface area (Å²) in [4.78, 5) is 40.8. The summed E-state index contributed by atoms with van der Waals surface area (Å²) in [6, 6.07) is 16.9. The normalized spacial score (nSPS) is 16.6. The minimum absolute atomic E-state index is 0.0344. The number of nitrogen functional groups attached to an aromatic ring is 1. The lowest BCUT2D eigenvalue weighted by Gasteiger charge is -2.23. The molecule has 0 radical (unpaired) electrons. The van der Waals surface area contributed by atoms with Crippen LogP contribution in [0.15, 0.2) is 66.0 Å². The number of methoxy groups -OCH3 is 1. The Morgan fingerprint density at radius 2 is 1.76 bits per heavy atom. The standard InChI is InChI=1S/C27H29N5O5S/c1-36-21-12-23(27(35)30-13-22-11-18(16-38-22)25(28)29)32(15-21)24(33)14-31-26(34)17-7-9-20(10-8-17)37-19-5-3-2-4-6-19/h2-11,16,21,23H,12-15H2,1H3,(H3,28,29)(H,30,35)(H,31,34)/t21-,23-/m0/s1. The summed E-state index contributed by atoms with van der Waals surface area (Å²) < 4.78 is 11.1. The molecule has 10 nitrogen and oxygen atoms in total. The van der Waals surface area contributed by atoms with Crippen molar-refractivity contribution in [2.75, 3.05) is 20.2 Å². The molecule has 3 amide bonds. The molecule has 0 unspecified atom stereocenters. The lowest BCUT2D eigenvalue weighted by Crippen LogP contribution is -2.48. The van der Waals surface area contributed by atoms with Crippen LogP contribution in [0.2, 0.25) is 0 Å². The van der Waals surface area contributed by atoms with Gasteiger partial charge in [-0.05, 0) is 42.5 Å². The fourth-order valence-corrected chi connectivity index (χ4v) is 4.88. The molecule has 4 rings (SSSR count). The summed E-state index contributed by atoms with van der Waals surface area (Å²) in [6.45, 7) is 0.254. The molecule has 0 saturated carbocycles. The average Bonchev–Trinajstić information content (AvgIpc) is 3.59. The zero-order chi connectivity index (χ0) is 27.1. The quantitative estimate of drug-likeness (QED) is 0.232. The molecule has 2 aromatic carbocycles. The maximum absolute atomic E-state index is 13.0. The number of benzene rings is 2. The first-order valence-corrected chi connectivity index (χ1v) is 12.8. The maximum atomic E-state index is 13.0. The minimum Gasteiger partial charge on any atom is -0.457 e.